The molecule has 2 aromatic rings. The van der Waals surface area contributed by atoms with Crippen LogP contribution >= 0.6 is 11.3 Å². The molecule has 1 aliphatic rings. The number of ketones is 1. The van der Waals surface area contributed by atoms with Crippen LogP contribution in [0, 0.1) is 11.7 Å². The molecule has 0 bridgehead atoms. The van der Waals surface area contributed by atoms with Gasteiger partial charge in [-0.2, -0.15) is 0 Å². The molecule has 1 aromatic carbocycles. The zero-order valence-electron chi connectivity index (χ0n) is 12.0. The van der Waals surface area contributed by atoms with Crippen LogP contribution in [-0.2, 0) is 0 Å². The summed E-state index contributed by atoms with van der Waals surface area (Å²) in [6, 6.07) is 9.36. The molecule has 0 saturated carbocycles. The van der Waals surface area contributed by atoms with Crippen molar-refractivity contribution in [1.82, 2.24) is 4.90 Å². The number of hydrogen-bond donors (Lipinski definition) is 0. The molecule has 0 radical (unpaired) electrons. The van der Waals surface area contributed by atoms with Crippen LogP contribution in [0.15, 0.2) is 41.8 Å². The van der Waals surface area contributed by atoms with Crippen molar-refractivity contribution in [2.24, 2.45) is 5.92 Å². The van der Waals surface area contributed by atoms with Crippen LogP contribution < -0.4 is 0 Å². The van der Waals surface area contributed by atoms with E-state index in [0.29, 0.717) is 31.5 Å². The molecule has 2 heterocycles. The number of carbonyl (C=O) groups excluding carboxylic acids is 2. The molecule has 0 spiro atoms. The lowest BCUT2D eigenvalue weighted by atomic mass is 9.89. The lowest BCUT2D eigenvalue weighted by Gasteiger charge is -2.31. The second kappa shape index (κ2) is 6.40. The van der Waals surface area contributed by atoms with Gasteiger partial charge in [-0.15, -0.1) is 11.3 Å². The Morgan fingerprint density at radius 1 is 1.09 bits per heavy atom. The molecule has 0 N–H and O–H groups in total. The molecule has 1 aromatic heterocycles. The second-order valence-corrected chi connectivity index (χ2v) is 6.36. The first-order valence-corrected chi connectivity index (χ1v) is 8.15. The van der Waals surface area contributed by atoms with E-state index in [2.05, 4.69) is 0 Å². The quantitative estimate of drug-likeness (QED) is 0.811. The van der Waals surface area contributed by atoms with Crippen molar-refractivity contribution in [3.63, 3.8) is 0 Å². The van der Waals surface area contributed by atoms with E-state index in [-0.39, 0.29) is 23.4 Å². The highest BCUT2D eigenvalue weighted by molar-refractivity contribution is 7.12. The fourth-order valence-corrected chi connectivity index (χ4v) is 3.44. The molecule has 1 fully saturated rings. The average molecular weight is 317 g/mol. The highest BCUT2D eigenvalue weighted by Gasteiger charge is 2.28. The zero-order valence-corrected chi connectivity index (χ0v) is 12.8. The summed E-state index contributed by atoms with van der Waals surface area (Å²) >= 11 is 1.44. The first-order chi connectivity index (χ1) is 10.6. The van der Waals surface area contributed by atoms with Crippen LogP contribution in [0.5, 0.6) is 0 Å². The Morgan fingerprint density at radius 3 is 2.36 bits per heavy atom. The van der Waals surface area contributed by atoms with Gasteiger partial charge in [0, 0.05) is 24.6 Å². The molecule has 1 aliphatic heterocycles. The number of benzene rings is 1. The van der Waals surface area contributed by atoms with Gasteiger partial charge in [-0.1, -0.05) is 6.07 Å². The summed E-state index contributed by atoms with van der Waals surface area (Å²) in [6.45, 7) is 1.18. The summed E-state index contributed by atoms with van der Waals surface area (Å²) < 4.78 is 12.9. The Morgan fingerprint density at radius 2 is 1.77 bits per heavy atom. The van der Waals surface area contributed by atoms with Gasteiger partial charge in [0.1, 0.15) is 5.82 Å². The Hall–Kier alpha value is -2.01. The van der Waals surface area contributed by atoms with Crippen LogP contribution in [-0.4, -0.2) is 29.7 Å². The van der Waals surface area contributed by atoms with Gasteiger partial charge in [0.05, 0.1) is 4.88 Å². The Bertz CT molecular complexity index is 658. The maximum atomic E-state index is 12.9. The van der Waals surface area contributed by atoms with Gasteiger partial charge in [0.25, 0.3) is 5.91 Å². The SMILES string of the molecule is O=C(c1ccc(F)cc1)C1CCN(C(=O)c2cccs2)CC1. The minimum absolute atomic E-state index is 0.0441. The van der Waals surface area contributed by atoms with E-state index < -0.39 is 0 Å². The van der Waals surface area contributed by atoms with E-state index in [1.54, 1.807) is 4.90 Å². The van der Waals surface area contributed by atoms with Gasteiger partial charge in [-0.25, -0.2) is 4.39 Å². The molecule has 5 heteroatoms. The first kappa shape index (κ1) is 14.9. The Kier molecular flexibility index (Phi) is 4.34. The third-order valence-corrected chi connectivity index (χ3v) is 4.87. The molecular formula is C17H16FNO2S. The summed E-state index contributed by atoms with van der Waals surface area (Å²) in [5.41, 5.74) is 0.546. The minimum atomic E-state index is -0.340. The lowest BCUT2D eigenvalue weighted by molar-refractivity contribution is 0.0654. The fourth-order valence-electron chi connectivity index (χ4n) is 2.75. The number of hydrogen-bond acceptors (Lipinski definition) is 3. The van der Waals surface area contributed by atoms with Gasteiger partial charge in [-0.3, -0.25) is 9.59 Å². The maximum absolute atomic E-state index is 12.9. The third kappa shape index (κ3) is 3.09. The number of Topliss-reactive ketones (excluding diaryl/α,β-unsaturated/α-hetero) is 1. The summed E-state index contributed by atoms with van der Waals surface area (Å²) in [6.07, 6.45) is 1.32. The number of carbonyl (C=O) groups is 2. The highest BCUT2D eigenvalue weighted by atomic mass is 32.1. The van der Waals surface area contributed by atoms with E-state index in [4.69, 9.17) is 0 Å². The van der Waals surface area contributed by atoms with Gasteiger partial charge in [0.15, 0.2) is 5.78 Å². The summed E-state index contributed by atoms with van der Waals surface area (Å²) in [5, 5.41) is 1.89. The zero-order chi connectivity index (χ0) is 15.5. The van der Waals surface area contributed by atoms with E-state index in [0.717, 1.165) is 4.88 Å². The van der Waals surface area contributed by atoms with Gasteiger partial charge in [0.2, 0.25) is 0 Å². The molecule has 1 saturated heterocycles. The number of amides is 1. The Balaban J connectivity index is 1.60. The molecule has 1 amide bonds. The summed E-state index contributed by atoms with van der Waals surface area (Å²) in [7, 11) is 0. The van der Waals surface area contributed by atoms with Gasteiger partial charge >= 0.3 is 0 Å². The average Bonchev–Trinajstić information content (AvgIpc) is 3.09. The van der Waals surface area contributed by atoms with Crippen molar-refractivity contribution in [2.75, 3.05) is 13.1 Å². The largest absolute Gasteiger partial charge is 0.338 e. The van der Waals surface area contributed by atoms with E-state index in [1.807, 2.05) is 17.5 Å². The molecule has 3 rings (SSSR count). The summed E-state index contributed by atoms with van der Waals surface area (Å²) in [5.74, 6) is -0.336. The molecule has 22 heavy (non-hydrogen) atoms. The Labute approximate surface area is 132 Å². The van der Waals surface area contributed by atoms with Crippen LogP contribution in [0.4, 0.5) is 4.39 Å². The standard InChI is InChI=1S/C17H16FNO2S/c18-14-5-3-12(4-6-14)16(20)13-7-9-19(10-8-13)17(21)15-2-1-11-22-15/h1-6,11,13H,7-10H2. The number of likely N-dealkylation sites (tertiary alicyclic amines) is 1. The number of rotatable bonds is 3. The lowest BCUT2D eigenvalue weighted by Crippen LogP contribution is -2.40. The molecule has 114 valence electrons. The highest BCUT2D eigenvalue weighted by Crippen LogP contribution is 2.24. The minimum Gasteiger partial charge on any atom is -0.338 e. The molecule has 0 unspecified atom stereocenters. The predicted octanol–water partition coefficient (Wildman–Crippen LogP) is 3.62. The van der Waals surface area contributed by atoms with Crippen LogP contribution in [0.1, 0.15) is 32.9 Å². The van der Waals surface area contributed by atoms with Crippen LogP contribution in [0.25, 0.3) is 0 Å². The molecular weight excluding hydrogens is 301 g/mol. The second-order valence-electron chi connectivity index (χ2n) is 5.41. The van der Waals surface area contributed by atoms with Crippen molar-refractivity contribution in [2.45, 2.75) is 12.8 Å². The normalized spacial score (nSPS) is 15.8. The van der Waals surface area contributed by atoms with Crippen LogP contribution in [0.2, 0.25) is 0 Å². The third-order valence-electron chi connectivity index (χ3n) is 4.01. The van der Waals surface area contributed by atoms with E-state index >= 15 is 0 Å². The molecule has 0 aliphatic carbocycles. The fraction of sp³-hybridized carbons (Fsp3) is 0.294. The molecule has 0 atom stereocenters. The maximum Gasteiger partial charge on any atom is 0.263 e. The number of nitrogens with zero attached hydrogens (tertiary/aromatic N) is 1. The number of halogens is 1. The smallest absolute Gasteiger partial charge is 0.263 e. The van der Waals surface area contributed by atoms with Crippen molar-refractivity contribution >= 4 is 23.0 Å². The number of piperidine rings is 1. The number of thiophene rings is 1. The first-order valence-electron chi connectivity index (χ1n) is 7.27. The van der Waals surface area contributed by atoms with E-state index in [1.165, 1.54) is 35.6 Å². The van der Waals surface area contributed by atoms with E-state index in [9.17, 15) is 14.0 Å². The van der Waals surface area contributed by atoms with Crippen molar-refractivity contribution in [3.05, 3.63) is 58.0 Å². The topological polar surface area (TPSA) is 37.4 Å². The van der Waals surface area contributed by atoms with Crippen molar-refractivity contribution in [3.8, 4) is 0 Å². The van der Waals surface area contributed by atoms with Gasteiger partial charge < -0.3 is 4.90 Å². The van der Waals surface area contributed by atoms with Crippen molar-refractivity contribution < 1.29 is 14.0 Å². The van der Waals surface area contributed by atoms with Crippen LogP contribution in [0.3, 0.4) is 0 Å². The van der Waals surface area contributed by atoms with Gasteiger partial charge in [-0.05, 0) is 48.6 Å². The summed E-state index contributed by atoms with van der Waals surface area (Å²) in [4.78, 5) is 27.2. The monoisotopic (exact) mass is 317 g/mol. The molecule has 3 nitrogen and oxygen atoms in total. The predicted molar refractivity (Wildman–Crippen MR) is 83.7 cm³/mol. The van der Waals surface area contributed by atoms with Crippen molar-refractivity contribution in [1.29, 1.82) is 0 Å².